The van der Waals surface area contributed by atoms with Gasteiger partial charge in [0.2, 0.25) is 5.91 Å². The van der Waals surface area contributed by atoms with Crippen LogP contribution < -0.4 is 5.73 Å². The number of amides is 1. The van der Waals surface area contributed by atoms with Crippen LogP contribution in [0.4, 0.5) is 5.69 Å². The normalized spacial score (nSPS) is 27.7. The van der Waals surface area contributed by atoms with Gasteiger partial charge in [0.25, 0.3) is 5.69 Å². The Morgan fingerprint density at radius 1 is 1.33 bits per heavy atom. The van der Waals surface area contributed by atoms with Crippen LogP contribution in [0.25, 0.3) is 0 Å². The second-order valence-corrected chi connectivity index (χ2v) is 6.02. The molecule has 2 N–H and O–H groups in total. The van der Waals surface area contributed by atoms with Gasteiger partial charge >= 0.3 is 0 Å². The van der Waals surface area contributed by atoms with Crippen LogP contribution in [0.2, 0.25) is 0 Å². The first-order chi connectivity index (χ1) is 10.0. The molecule has 2 bridgehead atoms. The van der Waals surface area contributed by atoms with Gasteiger partial charge in [-0.15, -0.1) is 0 Å². The predicted molar refractivity (Wildman–Crippen MR) is 77.7 cm³/mol. The fourth-order valence-electron chi connectivity index (χ4n) is 3.67. The number of carbonyl (C=O) groups excluding carboxylic acids is 1. The van der Waals surface area contributed by atoms with Crippen molar-refractivity contribution in [3.05, 3.63) is 39.9 Å². The van der Waals surface area contributed by atoms with Crippen molar-refractivity contribution in [2.45, 2.75) is 50.2 Å². The highest BCUT2D eigenvalue weighted by Crippen LogP contribution is 2.35. The molecule has 1 aromatic rings. The summed E-state index contributed by atoms with van der Waals surface area (Å²) >= 11 is 0. The first-order valence-electron chi connectivity index (χ1n) is 7.34. The molecule has 6 nitrogen and oxygen atoms in total. The Labute approximate surface area is 123 Å². The van der Waals surface area contributed by atoms with Crippen molar-refractivity contribution >= 4 is 11.6 Å². The molecule has 2 atom stereocenters. The van der Waals surface area contributed by atoms with Crippen LogP contribution in [-0.4, -0.2) is 33.9 Å². The molecule has 2 unspecified atom stereocenters. The van der Waals surface area contributed by atoms with E-state index in [0.717, 1.165) is 25.7 Å². The zero-order valence-corrected chi connectivity index (χ0v) is 11.8. The molecule has 0 radical (unpaired) electrons. The Kier molecular flexibility index (Phi) is 3.63. The minimum Gasteiger partial charge on any atom is -0.336 e. The van der Waals surface area contributed by atoms with Gasteiger partial charge in [-0.05, 0) is 31.2 Å². The number of non-ortho nitro benzene ring substituents is 1. The number of nitro groups is 1. The van der Waals surface area contributed by atoms with Gasteiger partial charge < -0.3 is 10.6 Å². The summed E-state index contributed by atoms with van der Waals surface area (Å²) in [5, 5.41) is 10.8. The number of hydrogen-bond donors (Lipinski definition) is 1. The van der Waals surface area contributed by atoms with Crippen LogP contribution in [-0.2, 0) is 11.2 Å². The van der Waals surface area contributed by atoms with Crippen molar-refractivity contribution in [3.63, 3.8) is 0 Å². The fourth-order valence-corrected chi connectivity index (χ4v) is 3.67. The van der Waals surface area contributed by atoms with Gasteiger partial charge in [0.15, 0.2) is 0 Å². The van der Waals surface area contributed by atoms with Crippen molar-refractivity contribution in [2.75, 3.05) is 0 Å². The van der Waals surface area contributed by atoms with Crippen molar-refractivity contribution in [1.82, 2.24) is 4.90 Å². The Morgan fingerprint density at radius 2 is 2.00 bits per heavy atom. The molecule has 112 valence electrons. The summed E-state index contributed by atoms with van der Waals surface area (Å²) in [7, 11) is 0. The Balaban J connectivity index is 1.72. The number of nitrogens with zero attached hydrogens (tertiary/aromatic N) is 2. The topological polar surface area (TPSA) is 89.5 Å². The lowest BCUT2D eigenvalue weighted by Crippen LogP contribution is -2.50. The molecule has 2 saturated heterocycles. The lowest BCUT2D eigenvalue weighted by molar-refractivity contribution is -0.384. The van der Waals surface area contributed by atoms with Crippen LogP contribution in [0.5, 0.6) is 0 Å². The number of fused-ring (bicyclic) bond motifs is 2. The second kappa shape index (κ2) is 5.44. The molecular formula is C15H19N3O3. The SMILES string of the molecule is NC1CC2CCC(C1)N2C(=O)Cc1cccc([N+](=O)[O-])c1. The van der Waals surface area contributed by atoms with Gasteiger partial charge in [-0.25, -0.2) is 0 Å². The Bertz CT molecular complexity index is 561. The zero-order valence-electron chi connectivity index (χ0n) is 11.8. The van der Waals surface area contributed by atoms with Gasteiger partial charge in [0.05, 0.1) is 11.3 Å². The molecule has 2 aliphatic heterocycles. The largest absolute Gasteiger partial charge is 0.336 e. The first-order valence-corrected chi connectivity index (χ1v) is 7.34. The summed E-state index contributed by atoms with van der Waals surface area (Å²) in [4.78, 5) is 24.9. The van der Waals surface area contributed by atoms with Gasteiger partial charge in [-0.2, -0.15) is 0 Å². The number of hydrogen-bond acceptors (Lipinski definition) is 4. The average molecular weight is 289 g/mol. The predicted octanol–water partition coefficient (Wildman–Crippen LogP) is 1.62. The van der Waals surface area contributed by atoms with E-state index >= 15 is 0 Å². The van der Waals surface area contributed by atoms with Crippen LogP contribution >= 0.6 is 0 Å². The highest BCUT2D eigenvalue weighted by atomic mass is 16.6. The molecule has 3 rings (SSSR count). The van der Waals surface area contributed by atoms with E-state index in [4.69, 9.17) is 5.73 Å². The number of benzene rings is 1. The lowest BCUT2D eigenvalue weighted by Gasteiger charge is -2.37. The van der Waals surface area contributed by atoms with E-state index in [2.05, 4.69) is 0 Å². The van der Waals surface area contributed by atoms with Gasteiger partial charge in [0.1, 0.15) is 0 Å². The number of nitrogens with two attached hydrogens (primary N) is 1. The van der Waals surface area contributed by atoms with E-state index in [9.17, 15) is 14.9 Å². The molecule has 0 saturated carbocycles. The number of nitro benzene ring substituents is 1. The average Bonchev–Trinajstić information content (AvgIpc) is 2.71. The van der Waals surface area contributed by atoms with E-state index in [1.807, 2.05) is 4.90 Å². The summed E-state index contributed by atoms with van der Waals surface area (Å²) in [6.07, 6.45) is 4.02. The van der Waals surface area contributed by atoms with Crippen molar-refractivity contribution < 1.29 is 9.72 Å². The minimum atomic E-state index is -0.433. The van der Waals surface area contributed by atoms with Crippen LogP contribution in [0.1, 0.15) is 31.2 Å². The summed E-state index contributed by atoms with van der Waals surface area (Å²) in [5.41, 5.74) is 6.74. The third kappa shape index (κ3) is 2.76. The maximum Gasteiger partial charge on any atom is 0.269 e. The fraction of sp³-hybridized carbons (Fsp3) is 0.533. The smallest absolute Gasteiger partial charge is 0.269 e. The summed E-state index contributed by atoms with van der Waals surface area (Å²) in [5.74, 6) is 0.0647. The molecule has 0 aromatic heterocycles. The van der Waals surface area contributed by atoms with E-state index in [1.54, 1.807) is 12.1 Å². The molecule has 2 aliphatic rings. The molecule has 0 aliphatic carbocycles. The molecule has 21 heavy (non-hydrogen) atoms. The monoisotopic (exact) mass is 289 g/mol. The molecular weight excluding hydrogens is 270 g/mol. The Morgan fingerprint density at radius 3 is 2.62 bits per heavy atom. The van der Waals surface area contributed by atoms with Crippen molar-refractivity contribution in [1.29, 1.82) is 0 Å². The highest BCUT2D eigenvalue weighted by molar-refractivity contribution is 5.80. The molecule has 1 aromatic carbocycles. The Hall–Kier alpha value is -1.95. The first kappa shape index (κ1) is 14.0. The van der Waals surface area contributed by atoms with E-state index in [1.165, 1.54) is 12.1 Å². The maximum absolute atomic E-state index is 12.5. The van der Waals surface area contributed by atoms with Gasteiger partial charge in [-0.1, -0.05) is 12.1 Å². The standard InChI is InChI=1S/C15H19N3O3/c16-11-8-12-4-5-13(9-11)17(12)15(19)7-10-2-1-3-14(6-10)18(20)21/h1-3,6,11-13H,4-5,7-9,16H2. The molecule has 0 spiro atoms. The maximum atomic E-state index is 12.5. The summed E-state index contributed by atoms with van der Waals surface area (Å²) in [6, 6.07) is 7.02. The van der Waals surface area contributed by atoms with E-state index in [0.29, 0.717) is 5.56 Å². The number of rotatable bonds is 3. The quantitative estimate of drug-likeness (QED) is 0.676. The molecule has 2 heterocycles. The third-order valence-electron chi connectivity index (χ3n) is 4.53. The van der Waals surface area contributed by atoms with E-state index in [-0.39, 0.29) is 36.1 Å². The van der Waals surface area contributed by atoms with Gasteiger partial charge in [0, 0.05) is 30.3 Å². The van der Waals surface area contributed by atoms with Crippen molar-refractivity contribution in [3.8, 4) is 0 Å². The van der Waals surface area contributed by atoms with E-state index < -0.39 is 4.92 Å². The lowest BCUT2D eigenvalue weighted by atomic mass is 9.97. The van der Waals surface area contributed by atoms with Crippen LogP contribution in [0.15, 0.2) is 24.3 Å². The molecule has 1 amide bonds. The third-order valence-corrected chi connectivity index (χ3v) is 4.53. The van der Waals surface area contributed by atoms with Crippen molar-refractivity contribution in [2.24, 2.45) is 5.73 Å². The summed E-state index contributed by atoms with van der Waals surface area (Å²) < 4.78 is 0. The zero-order chi connectivity index (χ0) is 15.0. The molecule has 6 heteroatoms. The van der Waals surface area contributed by atoms with Crippen LogP contribution in [0, 0.1) is 10.1 Å². The van der Waals surface area contributed by atoms with Gasteiger partial charge in [-0.3, -0.25) is 14.9 Å². The summed E-state index contributed by atoms with van der Waals surface area (Å²) in [6.45, 7) is 0. The molecule has 2 fully saturated rings. The minimum absolute atomic E-state index is 0.0314. The second-order valence-electron chi connectivity index (χ2n) is 6.02. The number of carbonyl (C=O) groups is 1. The highest BCUT2D eigenvalue weighted by Gasteiger charge is 2.41. The number of piperidine rings is 1. The van der Waals surface area contributed by atoms with Crippen LogP contribution in [0.3, 0.4) is 0 Å².